The molecular weight excluding hydrogens is 154 g/mol. The summed E-state index contributed by atoms with van der Waals surface area (Å²) in [5.41, 5.74) is 5.57. The minimum Gasteiger partial charge on any atom is -0.387 e. The summed E-state index contributed by atoms with van der Waals surface area (Å²) in [5.74, 6) is 2.14. The van der Waals surface area contributed by atoms with Crippen molar-refractivity contribution < 1.29 is 0 Å². The van der Waals surface area contributed by atoms with Crippen LogP contribution in [0.25, 0.3) is 0 Å². The highest BCUT2D eigenvalue weighted by molar-refractivity contribution is 5.83. The fourth-order valence-electron chi connectivity index (χ4n) is 1.17. The number of amidine groups is 1. The van der Waals surface area contributed by atoms with Gasteiger partial charge < -0.3 is 5.73 Å². The van der Waals surface area contributed by atoms with Gasteiger partial charge in [-0.05, 0) is 0 Å². The van der Waals surface area contributed by atoms with Crippen molar-refractivity contribution in [2.24, 2.45) is 10.7 Å². The van der Waals surface area contributed by atoms with Gasteiger partial charge in [0.1, 0.15) is 5.84 Å². The Labute approximate surface area is 70.3 Å². The molecule has 5 nitrogen and oxygen atoms in total. The Morgan fingerprint density at radius 1 is 1.58 bits per heavy atom. The van der Waals surface area contributed by atoms with Crippen LogP contribution in [-0.4, -0.2) is 20.6 Å². The van der Waals surface area contributed by atoms with Crippen molar-refractivity contribution in [3.8, 4) is 0 Å². The van der Waals surface area contributed by atoms with E-state index in [-0.39, 0.29) is 0 Å². The molecule has 0 aliphatic carbocycles. The molecule has 12 heavy (non-hydrogen) atoms. The second kappa shape index (κ2) is 2.58. The zero-order valence-electron chi connectivity index (χ0n) is 6.99. The minimum absolute atomic E-state index is 0.649. The lowest BCUT2D eigenvalue weighted by Gasteiger charge is -2.07. The third kappa shape index (κ3) is 1.07. The van der Waals surface area contributed by atoms with Gasteiger partial charge in [0.15, 0.2) is 5.82 Å². The van der Waals surface area contributed by atoms with E-state index in [0.717, 1.165) is 25.2 Å². The van der Waals surface area contributed by atoms with Gasteiger partial charge in [-0.15, -0.1) is 0 Å². The molecular formula is C7H11N5. The highest BCUT2D eigenvalue weighted by atomic mass is 15.4. The maximum Gasteiger partial charge on any atom is 0.249 e. The summed E-state index contributed by atoms with van der Waals surface area (Å²) in [6.07, 6.45) is 1.62. The van der Waals surface area contributed by atoms with Crippen LogP contribution >= 0.6 is 0 Å². The number of aryl methyl sites for hydroxylation is 2. The minimum atomic E-state index is 0.649. The smallest absolute Gasteiger partial charge is 0.249 e. The first-order valence-electron chi connectivity index (χ1n) is 4.06. The molecule has 2 heterocycles. The van der Waals surface area contributed by atoms with Crippen LogP contribution in [0.15, 0.2) is 4.99 Å². The average molecular weight is 165 g/mol. The van der Waals surface area contributed by atoms with Gasteiger partial charge in [0.25, 0.3) is 0 Å². The number of aromatic nitrogens is 3. The van der Waals surface area contributed by atoms with Gasteiger partial charge in [-0.2, -0.15) is 15.1 Å². The predicted molar refractivity (Wildman–Crippen MR) is 45.3 cm³/mol. The number of nitrogens with two attached hydrogens (primary N) is 1. The Balaban J connectivity index is 2.41. The van der Waals surface area contributed by atoms with E-state index in [9.17, 15) is 0 Å². The molecule has 2 N–H and O–H groups in total. The third-order valence-corrected chi connectivity index (χ3v) is 1.84. The van der Waals surface area contributed by atoms with E-state index in [1.807, 2.05) is 6.92 Å². The molecule has 0 bridgehead atoms. The summed E-state index contributed by atoms with van der Waals surface area (Å²) < 4.78 is 1.80. The Bertz CT molecular complexity index is 325. The summed E-state index contributed by atoms with van der Waals surface area (Å²) in [4.78, 5) is 8.30. The summed E-state index contributed by atoms with van der Waals surface area (Å²) in [6, 6.07) is 0. The standard InChI is InChI=1S/C7H11N5/c1-2-6-10-7-9-5(8)3-4-12(7)11-6/h2-4H2,1H3,(H2,8,9,10,11). The first-order chi connectivity index (χ1) is 5.79. The molecule has 1 aliphatic rings. The van der Waals surface area contributed by atoms with Crippen LogP contribution in [0, 0.1) is 0 Å². The van der Waals surface area contributed by atoms with Crippen molar-refractivity contribution in [1.82, 2.24) is 14.8 Å². The molecule has 0 unspecified atom stereocenters. The predicted octanol–water partition coefficient (Wildman–Crippen LogP) is 0.233. The lowest BCUT2D eigenvalue weighted by molar-refractivity contribution is 0.614. The molecule has 0 fully saturated rings. The van der Waals surface area contributed by atoms with Crippen LogP contribution in [-0.2, 0) is 13.0 Å². The van der Waals surface area contributed by atoms with Gasteiger partial charge in [0.2, 0.25) is 5.95 Å². The fraction of sp³-hybridized carbons (Fsp3) is 0.571. The van der Waals surface area contributed by atoms with Crippen LogP contribution in [0.4, 0.5) is 5.95 Å². The van der Waals surface area contributed by atoms with Crippen LogP contribution < -0.4 is 5.73 Å². The van der Waals surface area contributed by atoms with E-state index in [4.69, 9.17) is 5.73 Å². The van der Waals surface area contributed by atoms with Crippen LogP contribution in [0.2, 0.25) is 0 Å². The first kappa shape index (κ1) is 7.27. The molecule has 1 aromatic rings. The molecule has 5 heteroatoms. The number of hydrogen-bond acceptors (Lipinski definition) is 4. The van der Waals surface area contributed by atoms with Crippen molar-refractivity contribution in [3.63, 3.8) is 0 Å². The number of rotatable bonds is 1. The van der Waals surface area contributed by atoms with Gasteiger partial charge >= 0.3 is 0 Å². The maximum atomic E-state index is 5.57. The molecule has 0 radical (unpaired) electrons. The third-order valence-electron chi connectivity index (χ3n) is 1.84. The summed E-state index contributed by atoms with van der Waals surface area (Å²) in [6.45, 7) is 2.83. The molecule has 0 saturated carbocycles. The van der Waals surface area contributed by atoms with Gasteiger partial charge in [0, 0.05) is 12.8 Å². The zero-order chi connectivity index (χ0) is 8.55. The van der Waals surface area contributed by atoms with Crippen molar-refractivity contribution in [2.75, 3.05) is 0 Å². The highest BCUT2D eigenvalue weighted by Crippen LogP contribution is 2.14. The van der Waals surface area contributed by atoms with E-state index in [1.165, 1.54) is 0 Å². The number of fused-ring (bicyclic) bond motifs is 1. The second-order valence-corrected chi connectivity index (χ2v) is 2.76. The van der Waals surface area contributed by atoms with Gasteiger partial charge in [-0.3, -0.25) is 0 Å². The Hall–Kier alpha value is -1.39. The number of nitrogens with zero attached hydrogens (tertiary/aromatic N) is 4. The second-order valence-electron chi connectivity index (χ2n) is 2.76. The number of hydrogen-bond donors (Lipinski definition) is 1. The van der Waals surface area contributed by atoms with Crippen LogP contribution in [0.5, 0.6) is 0 Å². The van der Waals surface area contributed by atoms with Gasteiger partial charge in [0.05, 0.1) is 6.54 Å². The zero-order valence-corrected chi connectivity index (χ0v) is 6.99. The molecule has 0 spiro atoms. The number of aliphatic imine (C=N–C) groups is 1. The first-order valence-corrected chi connectivity index (χ1v) is 4.06. The Kier molecular flexibility index (Phi) is 1.56. The quantitative estimate of drug-likeness (QED) is 0.647. The normalized spacial score (nSPS) is 15.6. The Morgan fingerprint density at radius 3 is 3.17 bits per heavy atom. The molecule has 0 atom stereocenters. The largest absolute Gasteiger partial charge is 0.387 e. The monoisotopic (exact) mass is 165 g/mol. The fourth-order valence-corrected chi connectivity index (χ4v) is 1.17. The molecule has 2 rings (SSSR count). The van der Waals surface area contributed by atoms with Gasteiger partial charge in [-0.25, -0.2) is 4.68 Å². The molecule has 1 aliphatic heterocycles. The lowest BCUT2D eigenvalue weighted by Crippen LogP contribution is -2.19. The van der Waals surface area contributed by atoms with Gasteiger partial charge in [-0.1, -0.05) is 6.92 Å². The van der Waals surface area contributed by atoms with E-state index < -0.39 is 0 Å². The lowest BCUT2D eigenvalue weighted by atomic mass is 10.4. The summed E-state index contributed by atoms with van der Waals surface area (Å²) in [5, 5.41) is 4.25. The van der Waals surface area contributed by atoms with E-state index >= 15 is 0 Å². The van der Waals surface area contributed by atoms with Crippen LogP contribution in [0.3, 0.4) is 0 Å². The topological polar surface area (TPSA) is 69.1 Å². The van der Waals surface area contributed by atoms with E-state index in [2.05, 4.69) is 15.1 Å². The molecule has 64 valence electrons. The van der Waals surface area contributed by atoms with Crippen molar-refractivity contribution >= 4 is 11.8 Å². The SMILES string of the molecule is CCc1nc2n(n1)CCC(N)=N2. The van der Waals surface area contributed by atoms with Crippen molar-refractivity contribution in [3.05, 3.63) is 5.82 Å². The summed E-state index contributed by atoms with van der Waals surface area (Å²) >= 11 is 0. The average Bonchev–Trinajstić information content (AvgIpc) is 2.46. The van der Waals surface area contributed by atoms with Crippen molar-refractivity contribution in [1.29, 1.82) is 0 Å². The molecule has 0 aromatic carbocycles. The highest BCUT2D eigenvalue weighted by Gasteiger charge is 2.12. The summed E-state index contributed by atoms with van der Waals surface area (Å²) in [7, 11) is 0. The maximum absolute atomic E-state index is 5.57. The van der Waals surface area contributed by atoms with E-state index in [1.54, 1.807) is 4.68 Å². The molecule has 0 saturated heterocycles. The van der Waals surface area contributed by atoms with Crippen LogP contribution in [0.1, 0.15) is 19.2 Å². The Morgan fingerprint density at radius 2 is 2.42 bits per heavy atom. The van der Waals surface area contributed by atoms with E-state index in [0.29, 0.717) is 11.8 Å². The molecule has 0 amide bonds. The molecule has 1 aromatic heterocycles. The van der Waals surface area contributed by atoms with Crippen molar-refractivity contribution in [2.45, 2.75) is 26.3 Å².